The van der Waals surface area contributed by atoms with E-state index in [1.165, 1.54) is 22.2 Å². The number of amides is 1. The van der Waals surface area contributed by atoms with Gasteiger partial charge >= 0.3 is 0 Å². The van der Waals surface area contributed by atoms with Gasteiger partial charge < -0.3 is 5.32 Å². The van der Waals surface area contributed by atoms with Gasteiger partial charge in [-0.25, -0.2) is 9.97 Å². The molecule has 0 fully saturated rings. The predicted octanol–water partition coefficient (Wildman–Crippen LogP) is 4.09. The molecule has 0 radical (unpaired) electrons. The van der Waals surface area contributed by atoms with Crippen molar-refractivity contribution in [1.29, 1.82) is 0 Å². The second kappa shape index (κ2) is 8.98. The Morgan fingerprint density at radius 1 is 1.21 bits per heavy atom. The lowest BCUT2D eigenvalue weighted by molar-refractivity contribution is -0.121. The number of hydrogen-bond donors (Lipinski definition) is 1. The normalized spacial score (nSPS) is 11.2. The molecule has 4 aromatic heterocycles. The molecule has 0 aromatic carbocycles. The molecule has 0 bridgehead atoms. The van der Waals surface area contributed by atoms with Crippen molar-refractivity contribution in [2.24, 2.45) is 0 Å². The van der Waals surface area contributed by atoms with E-state index in [0.29, 0.717) is 16.8 Å². The fourth-order valence-corrected chi connectivity index (χ4v) is 5.59. The van der Waals surface area contributed by atoms with Crippen molar-refractivity contribution in [2.45, 2.75) is 32.7 Å². The van der Waals surface area contributed by atoms with Gasteiger partial charge in [-0.1, -0.05) is 6.07 Å². The summed E-state index contributed by atoms with van der Waals surface area (Å²) in [4.78, 5) is 35.8. The number of nitrogens with zero attached hydrogens (tertiary/aromatic N) is 3. The highest BCUT2D eigenvalue weighted by molar-refractivity contribution is 7.18. The molecule has 0 aliphatic carbocycles. The van der Waals surface area contributed by atoms with Crippen LogP contribution in [0.2, 0.25) is 0 Å². The van der Waals surface area contributed by atoms with Gasteiger partial charge in [-0.05, 0) is 37.6 Å². The number of fused-ring (bicyclic) bond motifs is 1. The third kappa shape index (κ3) is 4.63. The Labute approximate surface area is 179 Å². The van der Waals surface area contributed by atoms with Crippen molar-refractivity contribution in [3.8, 4) is 10.4 Å². The Bertz CT molecular complexity index is 1170. The second-order valence-corrected chi connectivity index (χ2v) is 9.42. The summed E-state index contributed by atoms with van der Waals surface area (Å²) in [6.45, 7) is 2.56. The van der Waals surface area contributed by atoms with E-state index < -0.39 is 0 Å². The summed E-state index contributed by atoms with van der Waals surface area (Å²) in [6.07, 6.45) is 4.24. The van der Waals surface area contributed by atoms with E-state index >= 15 is 0 Å². The molecule has 0 unspecified atom stereocenters. The molecule has 0 saturated heterocycles. The number of hydrogen-bond acceptors (Lipinski definition) is 7. The highest BCUT2D eigenvalue weighted by atomic mass is 32.1. The zero-order valence-electron chi connectivity index (χ0n) is 15.9. The van der Waals surface area contributed by atoms with E-state index in [-0.39, 0.29) is 18.0 Å². The molecule has 1 N–H and O–H groups in total. The van der Waals surface area contributed by atoms with Gasteiger partial charge in [-0.2, -0.15) is 0 Å². The molecule has 4 rings (SSSR count). The number of nitrogens with one attached hydrogen (secondary N) is 1. The van der Waals surface area contributed by atoms with Crippen LogP contribution >= 0.6 is 34.0 Å². The van der Waals surface area contributed by atoms with Gasteiger partial charge in [-0.15, -0.1) is 34.0 Å². The smallest absolute Gasteiger partial charge is 0.263 e. The molecule has 4 aromatic rings. The summed E-state index contributed by atoms with van der Waals surface area (Å²) in [5.41, 5.74) is 1.78. The average molecular weight is 445 g/mol. The highest BCUT2D eigenvalue weighted by Crippen LogP contribution is 2.33. The van der Waals surface area contributed by atoms with Crippen LogP contribution in [-0.2, 0) is 17.8 Å². The summed E-state index contributed by atoms with van der Waals surface area (Å²) in [5.74, 6) is -0.175. The lowest BCUT2D eigenvalue weighted by Gasteiger charge is -2.07. The van der Waals surface area contributed by atoms with Crippen molar-refractivity contribution >= 4 is 50.1 Å². The molecule has 4 heterocycles. The number of thiophene rings is 2. The standard InChI is InChI=1S/C20H20N4O2S3/c1-13-10-28-17(23-13)6-2-3-7-21-16(25)9-24-12-22-19-18(20(24)26)14(11-29-19)15-5-4-8-27-15/h4-5,8,10-12H,2-3,6-7,9H2,1H3,(H,21,25). The van der Waals surface area contributed by atoms with Gasteiger partial charge in [0.25, 0.3) is 5.56 Å². The third-order valence-corrected chi connectivity index (χ3v) is 7.28. The summed E-state index contributed by atoms with van der Waals surface area (Å²) in [5, 5.41) is 10.6. The highest BCUT2D eigenvalue weighted by Gasteiger charge is 2.15. The first-order valence-electron chi connectivity index (χ1n) is 9.30. The zero-order chi connectivity index (χ0) is 20.2. The largest absolute Gasteiger partial charge is 0.355 e. The quantitative estimate of drug-likeness (QED) is 0.415. The Kier molecular flexibility index (Phi) is 6.17. The number of unbranched alkanes of at least 4 members (excludes halogenated alkanes) is 1. The fourth-order valence-electron chi connectivity index (χ4n) is 3.05. The van der Waals surface area contributed by atoms with E-state index in [4.69, 9.17) is 0 Å². The summed E-state index contributed by atoms with van der Waals surface area (Å²) in [7, 11) is 0. The molecule has 1 amide bonds. The van der Waals surface area contributed by atoms with Crippen LogP contribution < -0.4 is 10.9 Å². The van der Waals surface area contributed by atoms with E-state index in [0.717, 1.165) is 40.4 Å². The third-order valence-electron chi connectivity index (χ3n) is 4.47. The number of rotatable bonds is 8. The first-order chi connectivity index (χ1) is 14.1. The monoisotopic (exact) mass is 444 g/mol. The van der Waals surface area contributed by atoms with Crippen molar-refractivity contribution in [1.82, 2.24) is 19.9 Å². The molecule has 150 valence electrons. The van der Waals surface area contributed by atoms with Gasteiger partial charge in [0.05, 0.1) is 16.7 Å². The van der Waals surface area contributed by atoms with Gasteiger partial charge in [0.1, 0.15) is 11.4 Å². The average Bonchev–Trinajstić information content (AvgIpc) is 3.44. The maximum Gasteiger partial charge on any atom is 0.263 e. The van der Waals surface area contributed by atoms with Crippen molar-refractivity contribution in [3.63, 3.8) is 0 Å². The Hall–Kier alpha value is -2.36. The molecule has 29 heavy (non-hydrogen) atoms. The molecule has 0 spiro atoms. The minimum Gasteiger partial charge on any atom is -0.355 e. The molecule has 0 aliphatic heterocycles. The van der Waals surface area contributed by atoms with Crippen LogP contribution in [-0.4, -0.2) is 27.0 Å². The summed E-state index contributed by atoms with van der Waals surface area (Å²) < 4.78 is 1.39. The lowest BCUT2D eigenvalue weighted by Crippen LogP contribution is -2.33. The van der Waals surface area contributed by atoms with Crippen molar-refractivity contribution in [2.75, 3.05) is 6.54 Å². The predicted molar refractivity (Wildman–Crippen MR) is 120 cm³/mol. The number of aromatic nitrogens is 3. The first-order valence-corrected chi connectivity index (χ1v) is 11.9. The number of carbonyl (C=O) groups excluding carboxylic acids is 1. The zero-order valence-corrected chi connectivity index (χ0v) is 18.3. The Balaban J connectivity index is 1.35. The summed E-state index contributed by atoms with van der Waals surface area (Å²) in [6, 6.07) is 3.95. The number of carbonyl (C=O) groups is 1. The van der Waals surface area contributed by atoms with E-state index in [1.54, 1.807) is 22.7 Å². The van der Waals surface area contributed by atoms with Crippen LogP contribution in [0.5, 0.6) is 0 Å². The van der Waals surface area contributed by atoms with Crippen LogP contribution in [0.15, 0.2) is 39.4 Å². The first kappa shape index (κ1) is 19.9. The van der Waals surface area contributed by atoms with E-state index in [1.807, 2.05) is 29.8 Å². The topological polar surface area (TPSA) is 76.9 Å². The van der Waals surface area contributed by atoms with Gasteiger partial charge in [-0.3, -0.25) is 14.2 Å². The Morgan fingerprint density at radius 3 is 2.86 bits per heavy atom. The molecule has 0 atom stereocenters. The van der Waals surface area contributed by atoms with Gasteiger partial charge in [0.15, 0.2) is 0 Å². The van der Waals surface area contributed by atoms with Crippen molar-refractivity contribution in [3.05, 3.63) is 55.7 Å². The Morgan fingerprint density at radius 2 is 2.10 bits per heavy atom. The second-order valence-electron chi connectivity index (χ2n) is 6.67. The minimum atomic E-state index is -0.175. The molecular formula is C20H20N4O2S3. The fraction of sp³-hybridized carbons (Fsp3) is 0.300. The minimum absolute atomic E-state index is 0.0207. The molecule has 0 aliphatic rings. The number of thiazole rings is 1. The number of aryl methyl sites for hydroxylation is 2. The molecule has 9 heteroatoms. The van der Waals surface area contributed by atoms with Crippen LogP contribution in [0.25, 0.3) is 20.7 Å². The van der Waals surface area contributed by atoms with Crippen LogP contribution in [0.1, 0.15) is 23.5 Å². The maximum absolute atomic E-state index is 12.9. The van der Waals surface area contributed by atoms with Crippen LogP contribution in [0, 0.1) is 6.92 Å². The summed E-state index contributed by atoms with van der Waals surface area (Å²) >= 11 is 4.71. The molecular weight excluding hydrogens is 424 g/mol. The van der Waals surface area contributed by atoms with E-state index in [9.17, 15) is 9.59 Å². The van der Waals surface area contributed by atoms with Crippen LogP contribution in [0.4, 0.5) is 0 Å². The van der Waals surface area contributed by atoms with E-state index in [2.05, 4.69) is 20.7 Å². The SMILES string of the molecule is Cc1csc(CCCCNC(=O)Cn2cnc3scc(-c4cccs4)c3c2=O)n1. The maximum atomic E-state index is 12.9. The van der Waals surface area contributed by atoms with Gasteiger partial charge in [0.2, 0.25) is 5.91 Å². The van der Waals surface area contributed by atoms with Crippen molar-refractivity contribution < 1.29 is 4.79 Å². The van der Waals surface area contributed by atoms with Crippen LogP contribution in [0.3, 0.4) is 0 Å². The molecule has 0 saturated carbocycles. The lowest BCUT2D eigenvalue weighted by atomic mass is 10.2. The van der Waals surface area contributed by atoms with Gasteiger partial charge in [0, 0.05) is 33.4 Å². The molecule has 6 nitrogen and oxygen atoms in total.